The fourth-order valence-electron chi connectivity index (χ4n) is 9.83. The van der Waals surface area contributed by atoms with Crippen LogP contribution >= 0.6 is 56.7 Å². The van der Waals surface area contributed by atoms with E-state index < -0.39 is 0 Å². The molecule has 0 amide bonds. The molecule has 0 bridgehead atoms. The van der Waals surface area contributed by atoms with Gasteiger partial charge in [0.25, 0.3) is 0 Å². The van der Waals surface area contributed by atoms with E-state index in [-0.39, 0.29) is 0 Å². The van der Waals surface area contributed by atoms with Crippen LogP contribution in [0.3, 0.4) is 0 Å². The summed E-state index contributed by atoms with van der Waals surface area (Å²) >= 11 is 8.99. The average Bonchev–Trinajstić information content (AvgIpc) is 4.20. The molecule has 0 aliphatic carbocycles. The molecule has 0 aliphatic rings. The van der Waals surface area contributed by atoms with Gasteiger partial charge >= 0.3 is 0 Å². The van der Waals surface area contributed by atoms with Gasteiger partial charge in [-0.05, 0) is 71.4 Å². The van der Waals surface area contributed by atoms with Crippen LogP contribution < -0.4 is 0 Å². The van der Waals surface area contributed by atoms with Crippen molar-refractivity contribution in [3.63, 3.8) is 0 Å². The monoisotopic (exact) mass is 916 g/mol. The maximum Gasteiger partial charge on any atom is 0.124 e. The van der Waals surface area contributed by atoms with E-state index in [2.05, 4.69) is 170 Å². The first-order valence-corrected chi connectivity index (χ1v) is 25.4. The van der Waals surface area contributed by atoms with Crippen LogP contribution in [0.15, 0.2) is 170 Å². The maximum absolute atomic E-state index is 5.92. The third-order valence-corrected chi connectivity index (χ3v) is 18.4. The Labute approximate surface area is 390 Å². The summed E-state index contributed by atoms with van der Waals surface area (Å²) in [5, 5.41) is 11.5. The van der Waals surface area contributed by atoms with Crippen LogP contribution in [0.4, 0.5) is 0 Å². The van der Waals surface area contributed by atoms with Gasteiger partial charge in [-0.1, -0.05) is 109 Å². The van der Waals surface area contributed by atoms with Crippen LogP contribution in [0.25, 0.3) is 146 Å². The Morgan fingerprint density at radius 1 is 0.277 bits per heavy atom. The molecular weight excluding hydrogens is 889 g/mol. The molecule has 65 heavy (non-hydrogen) atoms. The summed E-state index contributed by atoms with van der Waals surface area (Å²) in [5.74, 6) is 0. The van der Waals surface area contributed by atoms with Crippen molar-refractivity contribution in [1.82, 2.24) is 19.9 Å². The van der Waals surface area contributed by atoms with E-state index in [9.17, 15) is 0 Å². The summed E-state index contributed by atoms with van der Waals surface area (Å²) < 4.78 is 7.45. The second-order valence-corrected chi connectivity index (χ2v) is 21.7. The van der Waals surface area contributed by atoms with Crippen molar-refractivity contribution >= 4 is 161 Å². The molecule has 6 aromatic heterocycles. The minimum Gasteiger partial charge on any atom is -0.242 e. The van der Waals surface area contributed by atoms with E-state index in [1.807, 2.05) is 34.0 Å². The van der Waals surface area contributed by atoms with Gasteiger partial charge in [-0.25, -0.2) is 19.9 Å². The molecule has 0 unspecified atom stereocenters. The Balaban J connectivity index is 1.10. The van der Waals surface area contributed by atoms with Gasteiger partial charge in [-0.3, -0.25) is 0 Å². The number of nitrogens with zero attached hydrogens (tertiary/aromatic N) is 4. The van der Waals surface area contributed by atoms with Crippen LogP contribution in [0.5, 0.6) is 0 Å². The van der Waals surface area contributed by atoms with Gasteiger partial charge in [0.05, 0.1) is 41.2 Å². The van der Waals surface area contributed by atoms with Crippen molar-refractivity contribution in [1.29, 1.82) is 0 Å². The Hall–Kier alpha value is -6.98. The smallest absolute Gasteiger partial charge is 0.124 e. The molecule has 0 saturated carbocycles. The number of fused-ring (bicyclic) bond motifs is 15. The third-order valence-electron chi connectivity index (χ3n) is 12.7. The fourth-order valence-corrected chi connectivity index (χ4v) is 15.3. The standard InChI is InChI=1S/C56H28N4S5/c1-5-17-41-33(11-1)47-35(13-9-21-45(47)61-41)53-51-52(54(65-53)36-14-10-22-46-48(36)34-12-2-6-18-42(34)62-46)60-50-38-28-30(56-58-40-16-4-8-20-44(40)64-56)24-26-32(38)31-25-23-29(27-37(31)49(50)59-51)55-57-39-15-3-7-19-43(39)63-55/h1-28H. The number of thiazole rings is 2. The number of para-hydroxylation sites is 2. The molecule has 0 aliphatic heterocycles. The minimum atomic E-state index is 0.886. The predicted molar refractivity (Wildman–Crippen MR) is 284 cm³/mol. The molecule has 0 spiro atoms. The van der Waals surface area contributed by atoms with Gasteiger partial charge in [-0.15, -0.1) is 56.7 Å². The van der Waals surface area contributed by atoms with Crippen molar-refractivity contribution in [3.05, 3.63) is 170 Å². The molecule has 0 atom stereocenters. The van der Waals surface area contributed by atoms with Crippen LogP contribution in [0, 0.1) is 0 Å². The summed E-state index contributed by atoms with van der Waals surface area (Å²) in [4.78, 5) is 24.3. The van der Waals surface area contributed by atoms with Gasteiger partial charge < -0.3 is 0 Å². The summed E-state index contributed by atoms with van der Waals surface area (Å²) in [7, 11) is 0. The third kappa shape index (κ3) is 5.39. The van der Waals surface area contributed by atoms with E-state index >= 15 is 0 Å². The molecule has 0 fully saturated rings. The number of hydrogen-bond acceptors (Lipinski definition) is 9. The van der Waals surface area contributed by atoms with Crippen LogP contribution in [0.2, 0.25) is 0 Å². The van der Waals surface area contributed by atoms with Crippen molar-refractivity contribution in [2.75, 3.05) is 0 Å². The highest BCUT2D eigenvalue weighted by atomic mass is 32.1. The summed E-state index contributed by atoms with van der Waals surface area (Å²) in [6.07, 6.45) is 0. The van der Waals surface area contributed by atoms with Crippen molar-refractivity contribution in [3.8, 4) is 42.0 Å². The molecule has 6 heterocycles. The minimum absolute atomic E-state index is 0.886. The van der Waals surface area contributed by atoms with E-state index in [0.717, 1.165) is 85.5 Å². The molecule has 0 N–H and O–H groups in total. The molecular formula is C56H28N4S5. The Morgan fingerprint density at radius 2 is 0.708 bits per heavy atom. The highest BCUT2D eigenvalue weighted by Gasteiger charge is 2.25. The first-order chi connectivity index (χ1) is 32.2. The van der Waals surface area contributed by atoms with Gasteiger partial charge in [-0.2, -0.15) is 0 Å². The number of benzene rings is 9. The molecule has 4 nitrogen and oxygen atoms in total. The molecule has 302 valence electrons. The SMILES string of the molecule is c1ccc2sc(-c3ccc4c5ccc(-c6nc7ccccc7s6)cc5c5nc6c(-c7cccc8sc9ccccc9c78)sc(-c7cccc8sc9ccccc9c78)c6nc5c4c3)nc2c1. The highest BCUT2D eigenvalue weighted by Crippen LogP contribution is 2.51. The normalized spacial score (nSPS) is 12.3. The Kier molecular flexibility index (Phi) is 7.70. The molecule has 0 saturated heterocycles. The summed E-state index contributed by atoms with van der Waals surface area (Å²) in [6.45, 7) is 0. The van der Waals surface area contributed by atoms with Crippen LogP contribution in [-0.2, 0) is 0 Å². The lowest BCUT2D eigenvalue weighted by atomic mass is 9.96. The summed E-state index contributed by atoms with van der Waals surface area (Å²) in [6, 6.07) is 61.4. The Morgan fingerprint density at radius 3 is 1.18 bits per heavy atom. The number of thiophene rings is 3. The number of rotatable bonds is 4. The summed E-state index contributed by atoms with van der Waals surface area (Å²) in [5.41, 5.74) is 10.2. The average molecular weight is 917 g/mol. The van der Waals surface area contributed by atoms with Crippen LogP contribution in [0.1, 0.15) is 0 Å². The molecule has 15 aromatic rings. The topological polar surface area (TPSA) is 51.6 Å². The lowest BCUT2D eigenvalue weighted by Gasteiger charge is -2.12. The van der Waals surface area contributed by atoms with Crippen molar-refractivity contribution < 1.29 is 0 Å². The van der Waals surface area contributed by atoms with Crippen molar-refractivity contribution in [2.45, 2.75) is 0 Å². The lowest BCUT2D eigenvalue weighted by molar-refractivity contribution is 1.44. The zero-order chi connectivity index (χ0) is 42.3. The lowest BCUT2D eigenvalue weighted by Crippen LogP contribution is -1.93. The maximum atomic E-state index is 5.92. The van der Waals surface area contributed by atoms with Crippen molar-refractivity contribution in [2.24, 2.45) is 0 Å². The highest BCUT2D eigenvalue weighted by molar-refractivity contribution is 7.27. The second-order valence-electron chi connectivity index (χ2n) is 16.4. The molecule has 15 rings (SSSR count). The molecule has 9 heteroatoms. The number of aromatic nitrogens is 4. The first kappa shape index (κ1) is 36.4. The fraction of sp³-hybridized carbons (Fsp3) is 0. The van der Waals surface area contributed by atoms with E-state index in [0.29, 0.717) is 0 Å². The van der Waals surface area contributed by atoms with Gasteiger partial charge in [0.2, 0.25) is 0 Å². The predicted octanol–water partition coefficient (Wildman–Crippen LogP) is 17.8. The zero-order valence-corrected chi connectivity index (χ0v) is 38.1. The van der Waals surface area contributed by atoms with Gasteiger partial charge in [0.15, 0.2) is 0 Å². The number of hydrogen-bond donors (Lipinski definition) is 0. The second kappa shape index (κ2) is 13.8. The largest absolute Gasteiger partial charge is 0.242 e. The van der Waals surface area contributed by atoms with E-state index in [1.165, 1.54) is 60.9 Å². The molecule has 0 radical (unpaired) electrons. The van der Waals surface area contributed by atoms with E-state index in [1.54, 1.807) is 22.7 Å². The van der Waals surface area contributed by atoms with Crippen LogP contribution in [-0.4, -0.2) is 19.9 Å². The van der Waals surface area contributed by atoms with Gasteiger partial charge in [0, 0.05) is 73.4 Å². The Bertz CT molecular complexity index is 4160. The zero-order valence-electron chi connectivity index (χ0n) is 34.0. The van der Waals surface area contributed by atoms with Gasteiger partial charge in [0.1, 0.15) is 21.0 Å². The quantitative estimate of drug-likeness (QED) is 0.165. The van der Waals surface area contributed by atoms with E-state index in [4.69, 9.17) is 19.9 Å². The molecule has 9 aromatic carbocycles. The first-order valence-electron chi connectivity index (χ1n) is 21.4.